The standard InChI is InChI=1S/C13H26N6OS/c1-10(2)15-11(20)6-9-21-12-16-17-18-19(12)8-7-14-13(3,4)5/h10,14H,6-9H2,1-5H3,(H,15,20). The Morgan fingerprint density at radius 2 is 2.10 bits per heavy atom. The van der Waals surface area contributed by atoms with E-state index in [1.807, 2.05) is 13.8 Å². The van der Waals surface area contributed by atoms with Crippen molar-refractivity contribution in [1.29, 1.82) is 0 Å². The van der Waals surface area contributed by atoms with E-state index in [0.717, 1.165) is 11.7 Å². The smallest absolute Gasteiger partial charge is 0.221 e. The molecule has 7 nitrogen and oxygen atoms in total. The number of nitrogens with zero attached hydrogens (tertiary/aromatic N) is 4. The number of aromatic nitrogens is 4. The monoisotopic (exact) mass is 314 g/mol. The van der Waals surface area contributed by atoms with E-state index in [9.17, 15) is 4.79 Å². The van der Waals surface area contributed by atoms with Gasteiger partial charge in [0.1, 0.15) is 0 Å². The molecule has 2 N–H and O–H groups in total. The Morgan fingerprint density at radius 1 is 1.38 bits per heavy atom. The van der Waals surface area contributed by atoms with Gasteiger partial charge < -0.3 is 10.6 Å². The van der Waals surface area contributed by atoms with Crippen LogP contribution >= 0.6 is 11.8 Å². The maximum absolute atomic E-state index is 11.6. The lowest BCUT2D eigenvalue weighted by molar-refractivity contribution is -0.121. The Balaban J connectivity index is 2.33. The van der Waals surface area contributed by atoms with E-state index in [0.29, 0.717) is 18.7 Å². The Hall–Kier alpha value is -1.15. The summed E-state index contributed by atoms with van der Waals surface area (Å²) in [5.41, 5.74) is 0.0796. The van der Waals surface area contributed by atoms with Gasteiger partial charge in [0.25, 0.3) is 0 Å². The molecule has 0 atom stereocenters. The van der Waals surface area contributed by atoms with Crippen molar-refractivity contribution >= 4 is 17.7 Å². The molecule has 0 radical (unpaired) electrons. The van der Waals surface area contributed by atoms with Gasteiger partial charge in [-0.2, -0.15) is 0 Å². The first-order valence-electron chi connectivity index (χ1n) is 7.21. The maximum Gasteiger partial charge on any atom is 0.221 e. The second kappa shape index (κ2) is 8.33. The molecule has 1 amide bonds. The topological polar surface area (TPSA) is 84.7 Å². The fourth-order valence-electron chi connectivity index (χ4n) is 1.61. The minimum atomic E-state index is 0.0610. The minimum absolute atomic E-state index is 0.0610. The number of carbonyl (C=O) groups is 1. The molecule has 1 rings (SSSR count). The Kier molecular flexibility index (Phi) is 7.10. The van der Waals surface area contributed by atoms with E-state index in [2.05, 4.69) is 46.9 Å². The number of carbonyl (C=O) groups excluding carboxylic acids is 1. The fourth-order valence-corrected chi connectivity index (χ4v) is 2.45. The highest BCUT2D eigenvalue weighted by Crippen LogP contribution is 2.14. The summed E-state index contributed by atoms with van der Waals surface area (Å²) < 4.78 is 1.77. The molecule has 0 saturated heterocycles. The Labute approximate surface area is 130 Å². The molecular weight excluding hydrogens is 288 g/mol. The summed E-state index contributed by atoms with van der Waals surface area (Å²) in [6.45, 7) is 11.8. The first-order valence-corrected chi connectivity index (χ1v) is 8.20. The zero-order chi connectivity index (χ0) is 15.9. The van der Waals surface area contributed by atoms with Crippen LogP contribution < -0.4 is 10.6 Å². The van der Waals surface area contributed by atoms with Gasteiger partial charge in [0.05, 0.1) is 6.54 Å². The minimum Gasteiger partial charge on any atom is -0.354 e. The first-order chi connectivity index (χ1) is 9.78. The Morgan fingerprint density at radius 3 is 2.71 bits per heavy atom. The van der Waals surface area contributed by atoms with Gasteiger partial charge in [0.15, 0.2) is 0 Å². The fraction of sp³-hybridized carbons (Fsp3) is 0.846. The number of nitrogens with one attached hydrogen (secondary N) is 2. The molecule has 8 heteroatoms. The van der Waals surface area contributed by atoms with Crippen LogP contribution in [0.2, 0.25) is 0 Å². The molecule has 0 unspecified atom stereocenters. The molecule has 120 valence electrons. The first kappa shape index (κ1) is 17.9. The number of hydrogen-bond acceptors (Lipinski definition) is 6. The van der Waals surface area contributed by atoms with Crippen LogP contribution in [0.25, 0.3) is 0 Å². The van der Waals surface area contributed by atoms with Crippen LogP contribution in [0.5, 0.6) is 0 Å². The van der Waals surface area contributed by atoms with Gasteiger partial charge in [-0.05, 0) is 45.0 Å². The summed E-state index contributed by atoms with van der Waals surface area (Å²) >= 11 is 1.51. The summed E-state index contributed by atoms with van der Waals surface area (Å²) in [4.78, 5) is 11.6. The van der Waals surface area contributed by atoms with Gasteiger partial charge in [-0.15, -0.1) is 5.10 Å². The maximum atomic E-state index is 11.6. The second-order valence-electron chi connectivity index (χ2n) is 6.18. The van der Waals surface area contributed by atoms with E-state index in [1.165, 1.54) is 11.8 Å². The number of hydrogen-bond donors (Lipinski definition) is 2. The predicted molar refractivity (Wildman–Crippen MR) is 84.2 cm³/mol. The summed E-state index contributed by atoms with van der Waals surface area (Å²) in [7, 11) is 0. The zero-order valence-corrected chi connectivity index (χ0v) is 14.3. The van der Waals surface area contributed by atoms with E-state index in [-0.39, 0.29) is 17.5 Å². The van der Waals surface area contributed by atoms with Crippen LogP contribution in [0.1, 0.15) is 41.0 Å². The van der Waals surface area contributed by atoms with Crippen molar-refractivity contribution < 1.29 is 4.79 Å². The average molecular weight is 314 g/mol. The van der Waals surface area contributed by atoms with Gasteiger partial charge in [-0.1, -0.05) is 11.8 Å². The molecule has 1 heterocycles. The highest BCUT2D eigenvalue weighted by atomic mass is 32.2. The molecule has 1 aromatic heterocycles. The van der Waals surface area contributed by atoms with Gasteiger partial charge in [-0.25, -0.2) is 4.68 Å². The van der Waals surface area contributed by atoms with Crippen molar-refractivity contribution in [3.63, 3.8) is 0 Å². The quantitative estimate of drug-likeness (QED) is 0.698. The third kappa shape index (κ3) is 8.01. The summed E-state index contributed by atoms with van der Waals surface area (Å²) in [5, 5.41) is 18.7. The number of thioether (sulfide) groups is 1. The molecule has 0 fully saturated rings. The van der Waals surface area contributed by atoms with E-state index in [1.54, 1.807) is 4.68 Å². The third-order valence-electron chi connectivity index (χ3n) is 2.49. The molecule has 0 aliphatic rings. The third-order valence-corrected chi connectivity index (χ3v) is 3.45. The van der Waals surface area contributed by atoms with Crippen LogP contribution in [0.15, 0.2) is 5.16 Å². The number of rotatable bonds is 8. The molecule has 0 saturated carbocycles. The molecule has 0 aliphatic heterocycles. The van der Waals surface area contributed by atoms with Crippen LogP contribution in [-0.2, 0) is 11.3 Å². The van der Waals surface area contributed by atoms with Gasteiger partial charge in [-0.3, -0.25) is 4.79 Å². The largest absolute Gasteiger partial charge is 0.354 e. The van der Waals surface area contributed by atoms with E-state index < -0.39 is 0 Å². The summed E-state index contributed by atoms with van der Waals surface area (Å²) in [6.07, 6.45) is 0.468. The van der Waals surface area contributed by atoms with Crippen molar-refractivity contribution in [2.45, 2.75) is 64.3 Å². The zero-order valence-electron chi connectivity index (χ0n) is 13.5. The van der Waals surface area contributed by atoms with E-state index >= 15 is 0 Å². The summed E-state index contributed by atoms with van der Waals surface area (Å²) in [5.74, 6) is 0.733. The lowest BCUT2D eigenvalue weighted by atomic mass is 10.1. The van der Waals surface area contributed by atoms with Crippen LogP contribution in [0, 0.1) is 0 Å². The van der Waals surface area contributed by atoms with Crippen molar-refractivity contribution in [2.75, 3.05) is 12.3 Å². The van der Waals surface area contributed by atoms with Crippen molar-refractivity contribution in [2.24, 2.45) is 0 Å². The highest BCUT2D eigenvalue weighted by Gasteiger charge is 2.11. The van der Waals surface area contributed by atoms with Gasteiger partial charge in [0.2, 0.25) is 11.1 Å². The molecule has 0 aliphatic carbocycles. The molecule has 1 aromatic rings. The van der Waals surface area contributed by atoms with Crippen molar-refractivity contribution in [3.8, 4) is 0 Å². The molecular formula is C13H26N6OS. The number of amides is 1. The van der Waals surface area contributed by atoms with Gasteiger partial charge >= 0.3 is 0 Å². The van der Waals surface area contributed by atoms with Crippen LogP contribution in [-0.4, -0.2) is 50.0 Å². The summed E-state index contributed by atoms with van der Waals surface area (Å²) in [6, 6.07) is 0.177. The van der Waals surface area contributed by atoms with Crippen molar-refractivity contribution in [3.05, 3.63) is 0 Å². The lowest BCUT2D eigenvalue weighted by Crippen LogP contribution is -2.38. The normalized spacial score (nSPS) is 11.9. The van der Waals surface area contributed by atoms with Crippen molar-refractivity contribution in [1.82, 2.24) is 30.8 Å². The predicted octanol–water partition coefficient (Wildman–Crippen LogP) is 1.07. The second-order valence-corrected chi connectivity index (χ2v) is 7.24. The molecule has 0 bridgehead atoms. The SMILES string of the molecule is CC(C)NC(=O)CCSc1nnnn1CCNC(C)(C)C. The lowest BCUT2D eigenvalue weighted by Gasteiger charge is -2.20. The molecule has 0 aromatic carbocycles. The molecule has 21 heavy (non-hydrogen) atoms. The molecule has 0 spiro atoms. The highest BCUT2D eigenvalue weighted by molar-refractivity contribution is 7.99. The Bertz CT molecular complexity index is 440. The average Bonchev–Trinajstić information content (AvgIpc) is 2.74. The van der Waals surface area contributed by atoms with Crippen LogP contribution in [0.4, 0.5) is 0 Å². The van der Waals surface area contributed by atoms with E-state index in [4.69, 9.17) is 0 Å². The number of tetrazole rings is 1. The van der Waals surface area contributed by atoms with Gasteiger partial charge in [0, 0.05) is 30.3 Å². The van der Waals surface area contributed by atoms with Crippen LogP contribution in [0.3, 0.4) is 0 Å².